The van der Waals surface area contributed by atoms with Crippen LogP contribution in [0.25, 0.3) is 0 Å². The zero-order valence-corrected chi connectivity index (χ0v) is 18.6. The molecule has 0 saturated carbocycles. The molecule has 1 aliphatic rings. The number of aliphatic hydroxyl groups is 1. The Morgan fingerprint density at radius 1 is 0.935 bits per heavy atom. The molecule has 2 aromatic rings. The number of benzene rings is 2. The quantitative estimate of drug-likeness (QED) is 0.678. The SMILES string of the molecule is CCOc1ccc(C2C(C(=O)C(C)(C)C)=C(O)C(=O)N2c2ccc(OCC)cc2)cc1. The van der Waals surface area contributed by atoms with Gasteiger partial charge in [0.2, 0.25) is 0 Å². The lowest BCUT2D eigenvalue weighted by atomic mass is 9.82. The van der Waals surface area contributed by atoms with Crippen LogP contribution >= 0.6 is 0 Å². The van der Waals surface area contributed by atoms with Crippen LogP contribution in [-0.4, -0.2) is 30.0 Å². The molecule has 1 amide bonds. The number of aliphatic hydroxyl groups excluding tert-OH is 1. The Hall–Kier alpha value is -3.28. The van der Waals surface area contributed by atoms with Crippen LogP contribution in [0.3, 0.4) is 0 Å². The molecule has 0 bridgehead atoms. The van der Waals surface area contributed by atoms with Gasteiger partial charge in [0.25, 0.3) is 5.91 Å². The first-order valence-corrected chi connectivity index (χ1v) is 10.5. The number of anilines is 1. The number of ether oxygens (including phenoxy) is 2. The van der Waals surface area contributed by atoms with Crippen LogP contribution < -0.4 is 14.4 Å². The van der Waals surface area contributed by atoms with Gasteiger partial charge in [0, 0.05) is 11.1 Å². The average molecular weight is 424 g/mol. The summed E-state index contributed by atoms with van der Waals surface area (Å²) in [4.78, 5) is 27.8. The van der Waals surface area contributed by atoms with Crippen molar-refractivity contribution in [1.82, 2.24) is 0 Å². The fourth-order valence-corrected chi connectivity index (χ4v) is 3.61. The Bertz CT molecular complexity index is 984. The number of ketones is 1. The summed E-state index contributed by atoms with van der Waals surface area (Å²) < 4.78 is 11.0. The van der Waals surface area contributed by atoms with Crippen molar-refractivity contribution >= 4 is 17.4 Å². The topological polar surface area (TPSA) is 76.1 Å². The molecular formula is C25H29NO5. The molecule has 6 heteroatoms. The predicted octanol–water partition coefficient (Wildman–Crippen LogP) is 5.00. The van der Waals surface area contributed by atoms with Gasteiger partial charge in [-0.3, -0.25) is 14.5 Å². The number of hydrogen-bond donors (Lipinski definition) is 1. The molecule has 0 aromatic heterocycles. The third-order valence-electron chi connectivity index (χ3n) is 5.07. The number of rotatable bonds is 7. The zero-order valence-electron chi connectivity index (χ0n) is 18.6. The number of nitrogens with zero attached hydrogens (tertiary/aromatic N) is 1. The van der Waals surface area contributed by atoms with E-state index >= 15 is 0 Å². The average Bonchev–Trinajstić information content (AvgIpc) is 2.99. The minimum atomic E-state index is -0.762. The maximum absolute atomic E-state index is 13.3. The smallest absolute Gasteiger partial charge is 0.294 e. The van der Waals surface area contributed by atoms with Gasteiger partial charge in [0.05, 0.1) is 24.8 Å². The van der Waals surface area contributed by atoms with Crippen LogP contribution in [0.1, 0.15) is 46.2 Å². The standard InChI is InChI=1S/C25H29NO5/c1-6-30-18-12-8-16(9-13-18)21-20(23(28)25(3,4)5)22(27)24(29)26(21)17-10-14-19(15-11-17)31-7-2/h8-15,21,27H,6-7H2,1-5H3. The van der Waals surface area contributed by atoms with E-state index in [1.807, 2.05) is 26.0 Å². The Kier molecular flexibility index (Phi) is 6.39. The maximum Gasteiger partial charge on any atom is 0.294 e. The highest BCUT2D eigenvalue weighted by Crippen LogP contribution is 2.43. The van der Waals surface area contributed by atoms with Crippen LogP contribution in [0.15, 0.2) is 59.9 Å². The summed E-state index contributed by atoms with van der Waals surface area (Å²) in [6.45, 7) is 10.2. The highest BCUT2D eigenvalue weighted by molar-refractivity contribution is 6.17. The van der Waals surface area contributed by atoms with Gasteiger partial charge in [-0.15, -0.1) is 0 Å². The molecule has 0 radical (unpaired) electrons. The van der Waals surface area contributed by atoms with E-state index in [0.29, 0.717) is 36.0 Å². The molecule has 1 atom stereocenters. The molecule has 1 N–H and O–H groups in total. The van der Waals surface area contributed by atoms with Crippen LogP contribution in [-0.2, 0) is 9.59 Å². The molecule has 0 saturated heterocycles. The fourth-order valence-electron chi connectivity index (χ4n) is 3.61. The molecule has 0 aliphatic carbocycles. The predicted molar refractivity (Wildman–Crippen MR) is 120 cm³/mol. The third kappa shape index (κ3) is 4.43. The Morgan fingerprint density at radius 2 is 1.42 bits per heavy atom. The second kappa shape index (κ2) is 8.84. The third-order valence-corrected chi connectivity index (χ3v) is 5.07. The van der Waals surface area contributed by atoms with E-state index < -0.39 is 23.1 Å². The minimum absolute atomic E-state index is 0.107. The first-order chi connectivity index (χ1) is 14.7. The minimum Gasteiger partial charge on any atom is -0.503 e. The van der Waals surface area contributed by atoms with Gasteiger partial charge in [0.1, 0.15) is 11.5 Å². The van der Waals surface area contributed by atoms with Crippen LogP contribution in [0.2, 0.25) is 0 Å². The summed E-state index contributed by atoms with van der Waals surface area (Å²) in [5, 5.41) is 10.8. The van der Waals surface area contributed by atoms with Crippen LogP contribution in [0, 0.1) is 5.41 Å². The summed E-state index contributed by atoms with van der Waals surface area (Å²) in [5.74, 6) is -0.00668. The molecule has 31 heavy (non-hydrogen) atoms. The second-order valence-corrected chi connectivity index (χ2v) is 8.35. The van der Waals surface area contributed by atoms with E-state index in [2.05, 4.69) is 0 Å². The van der Waals surface area contributed by atoms with E-state index in [1.165, 1.54) is 4.90 Å². The van der Waals surface area contributed by atoms with E-state index in [-0.39, 0.29) is 11.4 Å². The van der Waals surface area contributed by atoms with Crippen molar-refractivity contribution in [3.8, 4) is 11.5 Å². The molecule has 1 unspecified atom stereocenters. The normalized spacial score (nSPS) is 16.6. The van der Waals surface area contributed by atoms with Crippen molar-refractivity contribution in [3.63, 3.8) is 0 Å². The highest BCUT2D eigenvalue weighted by atomic mass is 16.5. The number of hydrogen-bond acceptors (Lipinski definition) is 5. The number of carbonyl (C=O) groups is 2. The van der Waals surface area contributed by atoms with E-state index in [1.54, 1.807) is 57.2 Å². The van der Waals surface area contributed by atoms with Crippen molar-refractivity contribution in [2.45, 2.75) is 40.7 Å². The Labute approximate surface area is 183 Å². The number of Topliss-reactive ketones (excluding diaryl/α,β-unsaturated/α-hetero) is 1. The molecular weight excluding hydrogens is 394 g/mol. The lowest BCUT2D eigenvalue weighted by molar-refractivity contribution is -0.123. The molecule has 1 aliphatic heterocycles. The fraction of sp³-hybridized carbons (Fsp3) is 0.360. The van der Waals surface area contributed by atoms with Gasteiger partial charge in [-0.1, -0.05) is 32.9 Å². The van der Waals surface area contributed by atoms with E-state index in [4.69, 9.17) is 9.47 Å². The largest absolute Gasteiger partial charge is 0.503 e. The monoisotopic (exact) mass is 423 g/mol. The van der Waals surface area contributed by atoms with Gasteiger partial charge in [0.15, 0.2) is 11.5 Å². The molecule has 0 fully saturated rings. The van der Waals surface area contributed by atoms with Crippen molar-refractivity contribution in [2.24, 2.45) is 5.41 Å². The van der Waals surface area contributed by atoms with Crippen LogP contribution in [0.5, 0.6) is 11.5 Å². The van der Waals surface area contributed by atoms with Crippen molar-refractivity contribution in [3.05, 3.63) is 65.4 Å². The second-order valence-electron chi connectivity index (χ2n) is 8.35. The summed E-state index contributed by atoms with van der Waals surface area (Å²) in [6.07, 6.45) is 0. The molecule has 1 heterocycles. The van der Waals surface area contributed by atoms with Crippen molar-refractivity contribution in [2.75, 3.05) is 18.1 Å². The maximum atomic E-state index is 13.3. The highest BCUT2D eigenvalue weighted by Gasteiger charge is 2.46. The number of amides is 1. The Balaban J connectivity index is 2.11. The Morgan fingerprint density at radius 3 is 1.87 bits per heavy atom. The van der Waals surface area contributed by atoms with Crippen LogP contribution in [0.4, 0.5) is 5.69 Å². The summed E-state index contributed by atoms with van der Waals surface area (Å²) in [7, 11) is 0. The summed E-state index contributed by atoms with van der Waals surface area (Å²) in [6, 6.07) is 13.5. The molecule has 164 valence electrons. The summed E-state index contributed by atoms with van der Waals surface area (Å²) in [5.41, 5.74) is 0.621. The van der Waals surface area contributed by atoms with Gasteiger partial charge >= 0.3 is 0 Å². The van der Waals surface area contributed by atoms with E-state index in [9.17, 15) is 14.7 Å². The molecule has 3 rings (SSSR count). The van der Waals surface area contributed by atoms with Gasteiger partial charge in [-0.05, 0) is 55.8 Å². The first kappa shape index (κ1) is 22.4. The van der Waals surface area contributed by atoms with Gasteiger partial charge in [-0.25, -0.2) is 0 Å². The lowest BCUT2D eigenvalue weighted by Gasteiger charge is -2.29. The van der Waals surface area contributed by atoms with Crippen molar-refractivity contribution < 1.29 is 24.2 Å². The lowest BCUT2D eigenvalue weighted by Crippen LogP contribution is -2.32. The summed E-state index contributed by atoms with van der Waals surface area (Å²) >= 11 is 0. The zero-order chi connectivity index (χ0) is 22.8. The number of carbonyl (C=O) groups excluding carboxylic acids is 2. The van der Waals surface area contributed by atoms with Gasteiger partial charge in [-0.2, -0.15) is 0 Å². The van der Waals surface area contributed by atoms with E-state index in [0.717, 1.165) is 0 Å². The first-order valence-electron chi connectivity index (χ1n) is 10.5. The molecule has 0 spiro atoms. The molecule has 6 nitrogen and oxygen atoms in total. The van der Waals surface area contributed by atoms with Gasteiger partial charge < -0.3 is 14.6 Å². The molecule has 2 aromatic carbocycles. The van der Waals surface area contributed by atoms with Crippen molar-refractivity contribution in [1.29, 1.82) is 0 Å².